The summed E-state index contributed by atoms with van der Waals surface area (Å²) in [6, 6.07) is 11.1. The van der Waals surface area contributed by atoms with Crippen LogP contribution in [0.1, 0.15) is 73.4 Å². The molecular formula is C31H39ClF3N3O3. The number of rotatable bonds is 7. The first-order valence-corrected chi connectivity index (χ1v) is 14.7. The number of carbonyl (C=O) groups excluding carboxylic acids is 2. The van der Waals surface area contributed by atoms with E-state index in [2.05, 4.69) is 10.2 Å². The molecule has 0 radical (unpaired) electrons. The lowest BCUT2D eigenvalue weighted by molar-refractivity contribution is -0.262. The molecule has 2 saturated heterocycles. The van der Waals surface area contributed by atoms with E-state index in [1.54, 1.807) is 19.2 Å². The predicted molar refractivity (Wildman–Crippen MR) is 154 cm³/mol. The zero-order chi connectivity index (χ0) is 29.9. The van der Waals surface area contributed by atoms with Crippen LogP contribution in [0.3, 0.4) is 0 Å². The van der Waals surface area contributed by atoms with Gasteiger partial charge in [-0.15, -0.1) is 0 Å². The highest BCUT2D eigenvalue weighted by atomic mass is 35.5. The van der Waals surface area contributed by atoms with E-state index >= 15 is 0 Å². The maximum atomic E-state index is 14.2. The molecule has 0 bridgehead atoms. The number of aliphatic hydroxyl groups is 1. The highest BCUT2D eigenvalue weighted by molar-refractivity contribution is 6.34. The Labute approximate surface area is 244 Å². The summed E-state index contributed by atoms with van der Waals surface area (Å²) in [5.74, 6) is -0.752. The van der Waals surface area contributed by atoms with Crippen LogP contribution in [-0.4, -0.2) is 61.2 Å². The molecular weight excluding hydrogens is 555 g/mol. The molecule has 0 aliphatic carbocycles. The Morgan fingerprint density at radius 3 is 2.15 bits per heavy atom. The fourth-order valence-corrected chi connectivity index (χ4v) is 6.31. The number of benzene rings is 2. The van der Waals surface area contributed by atoms with Crippen LogP contribution in [0.15, 0.2) is 42.5 Å². The normalized spacial score (nSPS) is 18.9. The standard InChI is InChI=1S/C31H39ClF3N3O3/c1-20(2)23-5-4-6-24(18-23)30(41,31(33,34)35)29(40)38-15-11-22(12-16-38)17-21-9-13-37(14-10-21)25-7-8-26(27(32)19-25)28(39)36-3/h4-8,18-22,41H,9-17H2,1-3H3,(H,36,39)/t30-/m1/s1. The molecule has 10 heteroatoms. The number of hydrogen-bond donors (Lipinski definition) is 2. The SMILES string of the molecule is CNC(=O)c1ccc(N2CCC(CC3CCN(C(=O)[C@](O)(c4cccc(C(C)C)c4)C(F)(F)F)CC3)CC2)cc1Cl. The first-order valence-electron chi connectivity index (χ1n) is 14.3. The van der Waals surface area contributed by atoms with Crippen LogP contribution in [0.25, 0.3) is 0 Å². The second-order valence-corrected chi connectivity index (χ2v) is 12.0. The number of hydrogen-bond acceptors (Lipinski definition) is 4. The van der Waals surface area contributed by atoms with Gasteiger partial charge in [-0.1, -0.05) is 49.7 Å². The van der Waals surface area contributed by atoms with Gasteiger partial charge < -0.3 is 20.2 Å². The molecule has 2 aliphatic rings. The largest absolute Gasteiger partial charge is 0.430 e. The molecule has 224 valence electrons. The van der Waals surface area contributed by atoms with Crippen molar-refractivity contribution in [1.82, 2.24) is 10.2 Å². The van der Waals surface area contributed by atoms with Gasteiger partial charge in [-0.2, -0.15) is 13.2 Å². The summed E-state index contributed by atoms with van der Waals surface area (Å²) in [6.45, 7) is 5.80. The molecule has 0 spiro atoms. The second-order valence-electron chi connectivity index (χ2n) is 11.6. The Morgan fingerprint density at radius 1 is 1.00 bits per heavy atom. The molecule has 2 aromatic rings. The number of amides is 2. The third-order valence-electron chi connectivity index (χ3n) is 8.66. The van der Waals surface area contributed by atoms with Gasteiger partial charge in [-0.05, 0) is 73.6 Å². The molecule has 2 heterocycles. The van der Waals surface area contributed by atoms with Crippen molar-refractivity contribution in [3.05, 3.63) is 64.2 Å². The van der Waals surface area contributed by atoms with Crippen molar-refractivity contribution in [1.29, 1.82) is 0 Å². The van der Waals surface area contributed by atoms with E-state index in [9.17, 15) is 27.9 Å². The lowest BCUT2D eigenvalue weighted by atomic mass is 9.82. The number of alkyl halides is 3. The minimum atomic E-state index is -5.14. The van der Waals surface area contributed by atoms with E-state index in [0.29, 0.717) is 40.8 Å². The second kappa shape index (κ2) is 12.6. The van der Waals surface area contributed by atoms with Gasteiger partial charge in [0.15, 0.2) is 0 Å². The number of anilines is 1. The number of carbonyl (C=O) groups is 2. The van der Waals surface area contributed by atoms with Gasteiger partial charge in [0.25, 0.3) is 17.4 Å². The van der Waals surface area contributed by atoms with E-state index in [0.717, 1.165) is 38.0 Å². The Morgan fingerprint density at radius 2 is 1.61 bits per heavy atom. The maximum absolute atomic E-state index is 14.2. The van der Waals surface area contributed by atoms with E-state index in [-0.39, 0.29) is 24.9 Å². The molecule has 2 N–H and O–H groups in total. The number of piperidine rings is 2. The van der Waals surface area contributed by atoms with Crippen molar-refractivity contribution in [2.45, 2.75) is 63.6 Å². The molecule has 0 saturated carbocycles. The highest BCUT2D eigenvalue weighted by Gasteiger charge is 2.62. The molecule has 4 rings (SSSR count). The zero-order valence-electron chi connectivity index (χ0n) is 23.8. The van der Waals surface area contributed by atoms with E-state index in [4.69, 9.17) is 11.6 Å². The molecule has 2 aliphatic heterocycles. The fraction of sp³-hybridized carbons (Fsp3) is 0.548. The highest BCUT2D eigenvalue weighted by Crippen LogP contribution is 2.42. The van der Waals surface area contributed by atoms with Crippen molar-refractivity contribution in [2.24, 2.45) is 11.8 Å². The first kappa shape index (κ1) is 31.2. The number of likely N-dealkylation sites (tertiary alicyclic amines) is 1. The Bertz CT molecular complexity index is 1240. The maximum Gasteiger partial charge on any atom is 0.430 e. The summed E-state index contributed by atoms with van der Waals surface area (Å²) in [5.41, 5.74) is -1.95. The Kier molecular flexibility index (Phi) is 9.59. The average Bonchev–Trinajstić information content (AvgIpc) is 2.96. The average molecular weight is 594 g/mol. The van der Waals surface area contributed by atoms with Crippen LogP contribution in [0, 0.1) is 11.8 Å². The smallest absolute Gasteiger partial charge is 0.371 e. The lowest BCUT2D eigenvalue weighted by Crippen LogP contribution is -2.57. The summed E-state index contributed by atoms with van der Waals surface area (Å²) < 4.78 is 42.7. The van der Waals surface area contributed by atoms with Crippen LogP contribution >= 0.6 is 11.6 Å². The third kappa shape index (κ3) is 6.67. The van der Waals surface area contributed by atoms with E-state index in [1.807, 2.05) is 26.0 Å². The lowest BCUT2D eigenvalue weighted by Gasteiger charge is -2.40. The molecule has 2 amide bonds. The van der Waals surface area contributed by atoms with Gasteiger partial charge in [-0.3, -0.25) is 9.59 Å². The molecule has 0 aromatic heterocycles. The fourth-order valence-electron chi connectivity index (χ4n) is 6.05. The molecule has 2 aromatic carbocycles. The van der Waals surface area contributed by atoms with Gasteiger partial charge in [-0.25, -0.2) is 0 Å². The summed E-state index contributed by atoms with van der Waals surface area (Å²) in [6.07, 6.45) is -0.989. The Balaban J connectivity index is 1.32. The number of nitrogens with one attached hydrogen (secondary N) is 1. The van der Waals surface area contributed by atoms with Gasteiger partial charge in [0, 0.05) is 44.5 Å². The van der Waals surface area contributed by atoms with Crippen LogP contribution < -0.4 is 10.2 Å². The summed E-state index contributed by atoms with van der Waals surface area (Å²) in [4.78, 5) is 28.6. The van der Waals surface area contributed by atoms with Crippen LogP contribution in [0.2, 0.25) is 5.02 Å². The summed E-state index contributed by atoms with van der Waals surface area (Å²) in [5, 5.41) is 13.9. The molecule has 1 atom stereocenters. The minimum Gasteiger partial charge on any atom is -0.371 e. The zero-order valence-corrected chi connectivity index (χ0v) is 24.6. The van der Waals surface area contributed by atoms with Crippen LogP contribution in [0.5, 0.6) is 0 Å². The van der Waals surface area contributed by atoms with Crippen molar-refractivity contribution < 1.29 is 27.9 Å². The first-order chi connectivity index (χ1) is 19.3. The van der Waals surface area contributed by atoms with Crippen molar-refractivity contribution in [3.8, 4) is 0 Å². The quantitative estimate of drug-likeness (QED) is 0.406. The van der Waals surface area contributed by atoms with Gasteiger partial charge in [0.2, 0.25) is 0 Å². The van der Waals surface area contributed by atoms with Crippen LogP contribution in [-0.2, 0) is 10.4 Å². The number of nitrogens with zero attached hydrogens (tertiary/aromatic N) is 2. The van der Waals surface area contributed by atoms with Gasteiger partial charge in [0.1, 0.15) is 0 Å². The van der Waals surface area contributed by atoms with Gasteiger partial charge >= 0.3 is 6.18 Å². The number of halogens is 4. The van der Waals surface area contributed by atoms with Crippen molar-refractivity contribution in [2.75, 3.05) is 38.1 Å². The van der Waals surface area contributed by atoms with E-state index < -0.39 is 23.2 Å². The van der Waals surface area contributed by atoms with E-state index in [1.165, 1.54) is 23.1 Å². The molecule has 2 fully saturated rings. The predicted octanol–water partition coefficient (Wildman–Crippen LogP) is 6.12. The Hall–Kier alpha value is -2.78. The summed E-state index contributed by atoms with van der Waals surface area (Å²) in [7, 11) is 1.56. The molecule has 6 nitrogen and oxygen atoms in total. The summed E-state index contributed by atoms with van der Waals surface area (Å²) >= 11 is 6.33. The van der Waals surface area contributed by atoms with Gasteiger partial charge in [0.05, 0.1) is 10.6 Å². The van der Waals surface area contributed by atoms with Crippen molar-refractivity contribution in [3.63, 3.8) is 0 Å². The topological polar surface area (TPSA) is 72.9 Å². The van der Waals surface area contributed by atoms with Crippen molar-refractivity contribution >= 4 is 29.1 Å². The third-order valence-corrected chi connectivity index (χ3v) is 8.98. The monoisotopic (exact) mass is 593 g/mol. The molecule has 41 heavy (non-hydrogen) atoms. The van der Waals surface area contributed by atoms with Crippen LogP contribution in [0.4, 0.5) is 18.9 Å². The minimum absolute atomic E-state index is 0.0440. The molecule has 0 unspecified atom stereocenters.